The molecule has 1 aromatic heterocycles. The summed E-state index contributed by atoms with van der Waals surface area (Å²) in [5, 5.41) is 8.38. The number of nitrogens with one attached hydrogen (secondary N) is 1. The van der Waals surface area contributed by atoms with Crippen LogP contribution in [-0.4, -0.2) is 35.1 Å². The fraction of sp³-hybridized carbons (Fsp3) is 0.500. The van der Waals surface area contributed by atoms with Crippen LogP contribution in [0.4, 0.5) is 0 Å². The van der Waals surface area contributed by atoms with Gasteiger partial charge in [0, 0.05) is 37.4 Å². The Balaban J connectivity index is 1.69. The van der Waals surface area contributed by atoms with Crippen LogP contribution in [0.15, 0.2) is 36.4 Å². The second-order valence-electron chi connectivity index (χ2n) is 6.18. The zero-order chi connectivity index (χ0) is 15.4. The SMILES string of the molecule is Cc1cc(C[C@H](C)NC2CCOCC2)n(-c2ccccc2)n1. The summed E-state index contributed by atoms with van der Waals surface area (Å²) >= 11 is 0. The molecule has 118 valence electrons. The molecule has 1 atom stereocenters. The van der Waals surface area contributed by atoms with E-state index in [9.17, 15) is 0 Å². The standard InChI is InChI=1S/C18H25N3O/c1-14(19-16-8-10-22-11-9-16)12-18-13-15(2)20-21(18)17-6-4-3-5-7-17/h3-7,13-14,16,19H,8-12H2,1-2H3/t14-/m0/s1. The average molecular weight is 299 g/mol. The molecule has 4 nitrogen and oxygen atoms in total. The van der Waals surface area contributed by atoms with E-state index in [2.05, 4.69) is 59.3 Å². The smallest absolute Gasteiger partial charge is 0.0648 e. The third kappa shape index (κ3) is 3.76. The van der Waals surface area contributed by atoms with Crippen molar-refractivity contribution in [2.24, 2.45) is 0 Å². The minimum atomic E-state index is 0.432. The summed E-state index contributed by atoms with van der Waals surface area (Å²) in [5.41, 5.74) is 3.46. The molecule has 1 aliphatic heterocycles. The molecule has 1 saturated heterocycles. The van der Waals surface area contributed by atoms with Crippen molar-refractivity contribution in [3.05, 3.63) is 47.8 Å². The van der Waals surface area contributed by atoms with E-state index in [1.54, 1.807) is 0 Å². The maximum Gasteiger partial charge on any atom is 0.0648 e. The molecule has 0 aliphatic carbocycles. The summed E-state index contributed by atoms with van der Waals surface area (Å²) in [6, 6.07) is 13.6. The largest absolute Gasteiger partial charge is 0.381 e. The van der Waals surface area contributed by atoms with E-state index in [-0.39, 0.29) is 0 Å². The number of nitrogens with zero attached hydrogens (tertiary/aromatic N) is 2. The van der Waals surface area contributed by atoms with Gasteiger partial charge in [-0.1, -0.05) is 18.2 Å². The third-order valence-corrected chi connectivity index (χ3v) is 4.16. The van der Waals surface area contributed by atoms with E-state index in [4.69, 9.17) is 4.74 Å². The molecule has 22 heavy (non-hydrogen) atoms. The highest BCUT2D eigenvalue weighted by Crippen LogP contribution is 2.15. The van der Waals surface area contributed by atoms with Crippen LogP contribution in [0.3, 0.4) is 0 Å². The van der Waals surface area contributed by atoms with Gasteiger partial charge in [-0.05, 0) is 44.9 Å². The highest BCUT2D eigenvalue weighted by molar-refractivity contribution is 5.33. The van der Waals surface area contributed by atoms with E-state index < -0.39 is 0 Å². The lowest BCUT2D eigenvalue weighted by atomic mass is 10.1. The Kier molecular flexibility index (Phi) is 4.90. The van der Waals surface area contributed by atoms with Gasteiger partial charge in [0.2, 0.25) is 0 Å². The number of aryl methyl sites for hydroxylation is 1. The Morgan fingerprint density at radius 3 is 2.73 bits per heavy atom. The molecule has 4 heteroatoms. The monoisotopic (exact) mass is 299 g/mol. The fourth-order valence-electron chi connectivity index (χ4n) is 3.13. The molecule has 3 rings (SSSR count). The van der Waals surface area contributed by atoms with Gasteiger partial charge in [0.25, 0.3) is 0 Å². The summed E-state index contributed by atoms with van der Waals surface area (Å²) in [6.45, 7) is 6.07. The van der Waals surface area contributed by atoms with Gasteiger partial charge in [0.1, 0.15) is 0 Å². The van der Waals surface area contributed by atoms with Crippen molar-refractivity contribution >= 4 is 0 Å². The van der Waals surface area contributed by atoms with Crippen LogP contribution in [0, 0.1) is 6.92 Å². The number of para-hydroxylation sites is 1. The van der Waals surface area contributed by atoms with Gasteiger partial charge in [-0.15, -0.1) is 0 Å². The summed E-state index contributed by atoms with van der Waals surface area (Å²) in [5.74, 6) is 0. The van der Waals surface area contributed by atoms with Crippen molar-refractivity contribution in [3.8, 4) is 5.69 Å². The van der Waals surface area contributed by atoms with Gasteiger partial charge in [-0.3, -0.25) is 0 Å². The topological polar surface area (TPSA) is 39.1 Å². The molecule has 1 N–H and O–H groups in total. The predicted molar refractivity (Wildman–Crippen MR) is 88.4 cm³/mol. The Morgan fingerprint density at radius 2 is 2.00 bits per heavy atom. The maximum atomic E-state index is 5.43. The lowest BCUT2D eigenvalue weighted by Crippen LogP contribution is -2.41. The Labute approximate surface area is 132 Å². The first-order chi connectivity index (χ1) is 10.7. The van der Waals surface area contributed by atoms with Crippen molar-refractivity contribution < 1.29 is 4.74 Å². The van der Waals surface area contributed by atoms with Gasteiger partial charge in [0.15, 0.2) is 0 Å². The molecule has 0 radical (unpaired) electrons. The lowest BCUT2D eigenvalue weighted by Gasteiger charge is -2.26. The van der Waals surface area contributed by atoms with E-state index >= 15 is 0 Å². The minimum Gasteiger partial charge on any atom is -0.381 e. The molecule has 1 aliphatic rings. The molecule has 2 aromatic rings. The van der Waals surface area contributed by atoms with Crippen LogP contribution in [0.1, 0.15) is 31.2 Å². The van der Waals surface area contributed by atoms with Gasteiger partial charge in [-0.25, -0.2) is 4.68 Å². The summed E-state index contributed by atoms with van der Waals surface area (Å²) in [4.78, 5) is 0. The average Bonchev–Trinajstić information content (AvgIpc) is 2.89. The Bertz CT molecular complexity index is 588. The third-order valence-electron chi connectivity index (χ3n) is 4.16. The van der Waals surface area contributed by atoms with Gasteiger partial charge >= 0.3 is 0 Å². The molecular formula is C18H25N3O. The van der Waals surface area contributed by atoms with Crippen LogP contribution < -0.4 is 5.32 Å². The van der Waals surface area contributed by atoms with E-state index in [0.717, 1.165) is 43.9 Å². The first-order valence-corrected chi connectivity index (χ1v) is 8.17. The number of aromatic nitrogens is 2. The van der Waals surface area contributed by atoms with Gasteiger partial charge in [0.05, 0.1) is 11.4 Å². The van der Waals surface area contributed by atoms with Crippen LogP contribution in [0.2, 0.25) is 0 Å². The van der Waals surface area contributed by atoms with Crippen LogP contribution in [-0.2, 0) is 11.2 Å². The van der Waals surface area contributed by atoms with Gasteiger partial charge < -0.3 is 10.1 Å². The number of hydrogen-bond acceptors (Lipinski definition) is 3. The highest BCUT2D eigenvalue weighted by atomic mass is 16.5. The number of hydrogen-bond donors (Lipinski definition) is 1. The Morgan fingerprint density at radius 1 is 1.27 bits per heavy atom. The van der Waals surface area contributed by atoms with Crippen molar-refractivity contribution in [2.45, 2.75) is 45.2 Å². The van der Waals surface area contributed by atoms with Gasteiger partial charge in [-0.2, -0.15) is 5.10 Å². The first-order valence-electron chi connectivity index (χ1n) is 8.17. The summed E-state index contributed by atoms with van der Waals surface area (Å²) in [6.07, 6.45) is 3.20. The maximum absolute atomic E-state index is 5.43. The normalized spacial score (nSPS) is 17.5. The first kappa shape index (κ1) is 15.3. The molecule has 0 spiro atoms. The minimum absolute atomic E-state index is 0.432. The van der Waals surface area contributed by atoms with Crippen LogP contribution in [0.25, 0.3) is 5.69 Å². The van der Waals surface area contributed by atoms with Crippen molar-refractivity contribution in [1.82, 2.24) is 15.1 Å². The fourth-order valence-corrected chi connectivity index (χ4v) is 3.13. The Hall–Kier alpha value is -1.65. The second-order valence-corrected chi connectivity index (χ2v) is 6.18. The van der Waals surface area contributed by atoms with E-state index in [0.29, 0.717) is 12.1 Å². The molecule has 1 aromatic carbocycles. The number of benzene rings is 1. The van der Waals surface area contributed by atoms with Crippen molar-refractivity contribution in [2.75, 3.05) is 13.2 Å². The zero-order valence-electron chi connectivity index (χ0n) is 13.5. The zero-order valence-corrected chi connectivity index (χ0v) is 13.5. The molecular weight excluding hydrogens is 274 g/mol. The molecule has 0 saturated carbocycles. The van der Waals surface area contributed by atoms with Crippen LogP contribution >= 0.6 is 0 Å². The molecule has 2 heterocycles. The highest BCUT2D eigenvalue weighted by Gasteiger charge is 2.17. The number of ether oxygens (including phenoxy) is 1. The van der Waals surface area contributed by atoms with Crippen molar-refractivity contribution in [1.29, 1.82) is 0 Å². The molecule has 1 fully saturated rings. The van der Waals surface area contributed by atoms with Crippen molar-refractivity contribution in [3.63, 3.8) is 0 Å². The quantitative estimate of drug-likeness (QED) is 0.922. The predicted octanol–water partition coefficient (Wildman–Crippen LogP) is 2.88. The van der Waals surface area contributed by atoms with Crippen LogP contribution in [0.5, 0.6) is 0 Å². The van der Waals surface area contributed by atoms with E-state index in [1.807, 2.05) is 6.07 Å². The summed E-state index contributed by atoms with van der Waals surface area (Å²) in [7, 11) is 0. The molecule has 0 amide bonds. The number of rotatable bonds is 5. The summed E-state index contributed by atoms with van der Waals surface area (Å²) < 4.78 is 7.49. The second kappa shape index (κ2) is 7.07. The van der Waals surface area contributed by atoms with E-state index in [1.165, 1.54) is 5.69 Å². The lowest BCUT2D eigenvalue weighted by molar-refractivity contribution is 0.0754. The molecule has 0 unspecified atom stereocenters. The molecule has 0 bridgehead atoms.